The third-order valence-electron chi connectivity index (χ3n) is 4.70. The molecule has 1 aliphatic rings. The average Bonchev–Trinajstić information content (AvgIpc) is 3.39. The molecule has 0 bridgehead atoms. The van der Waals surface area contributed by atoms with Crippen molar-refractivity contribution in [2.24, 2.45) is 5.92 Å². The van der Waals surface area contributed by atoms with Crippen molar-refractivity contribution < 1.29 is 13.7 Å². The summed E-state index contributed by atoms with van der Waals surface area (Å²) in [4.78, 5) is 17.2. The molecule has 1 fully saturated rings. The molecule has 1 N–H and O–H groups in total. The summed E-state index contributed by atoms with van der Waals surface area (Å²) >= 11 is 0. The molecular formula is C19H18FN3O2. The molecule has 3 aromatic rings. The molecule has 128 valence electrons. The highest BCUT2D eigenvalue weighted by Gasteiger charge is 2.30. The molecule has 0 radical (unpaired) electrons. The second-order valence-corrected chi connectivity index (χ2v) is 6.58. The molecule has 0 saturated heterocycles. The molecule has 1 aromatic carbocycles. The Balaban J connectivity index is 1.82. The van der Waals surface area contributed by atoms with E-state index in [0.29, 0.717) is 33.8 Å². The van der Waals surface area contributed by atoms with E-state index in [2.05, 4.69) is 15.5 Å². The fraction of sp³-hybridized carbons (Fsp3) is 0.316. The number of aryl methyl sites for hydroxylation is 1. The van der Waals surface area contributed by atoms with Crippen molar-refractivity contribution in [1.82, 2.24) is 15.5 Å². The monoisotopic (exact) mass is 339 g/mol. The van der Waals surface area contributed by atoms with Crippen molar-refractivity contribution >= 4 is 17.0 Å². The summed E-state index contributed by atoms with van der Waals surface area (Å²) in [7, 11) is 0. The molecule has 2 aromatic heterocycles. The van der Waals surface area contributed by atoms with Crippen molar-refractivity contribution in [3.63, 3.8) is 0 Å². The molecule has 25 heavy (non-hydrogen) atoms. The number of hydrogen-bond donors (Lipinski definition) is 1. The van der Waals surface area contributed by atoms with E-state index in [9.17, 15) is 9.18 Å². The number of fused-ring (bicyclic) bond motifs is 1. The van der Waals surface area contributed by atoms with Crippen LogP contribution in [0.5, 0.6) is 0 Å². The van der Waals surface area contributed by atoms with Gasteiger partial charge in [-0.25, -0.2) is 9.37 Å². The van der Waals surface area contributed by atoms with E-state index in [-0.39, 0.29) is 17.7 Å². The number of aromatic nitrogens is 2. The quantitative estimate of drug-likeness (QED) is 0.783. The highest BCUT2D eigenvalue weighted by Crippen LogP contribution is 2.33. The number of amides is 1. The van der Waals surface area contributed by atoms with Gasteiger partial charge in [0.2, 0.25) is 0 Å². The van der Waals surface area contributed by atoms with Gasteiger partial charge in [-0.3, -0.25) is 4.79 Å². The lowest BCUT2D eigenvalue weighted by Gasteiger charge is -2.14. The summed E-state index contributed by atoms with van der Waals surface area (Å²) in [5.74, 6) is -0.0742. The fourth-order valence-corrected chi connectivity index (χ4v) is 3.08. The van der Waals surface area contributed by atoms with Gasteiger partial charge in [-0.1, -0.05) is 17.3 Å². The molecule has 0 spiro atoms. The smallest absolute Gasteiger partial charge is 0.259 e. The number of halogens is 1. The molecule has 6 heteroatoms. The minimum atomic E-state index is -0.400. The molecule has 2 heterocycles. The molecule has 1 amide bonds. The summed E-state index contributed by atoms with van der Waals surface area (Å²) < 4.78 is 19.4. The van der Waals surface area contributed by atoms with Gasteiger partial charge >= 0.3 is 0 Å². The Morgan fingerprint density at radius 3 is 2.84 bits per heavy atom. The van der Waals surface area contributed by atoms with Crippen molar-refractivity contribution in [3.8, 4) is 11.3 Å². The standard InChI is InChI=1S/C19H18FN3O2/c1-10(12-7-8-12)21-18(24)14-9-16(13-5-3-4-6-15(13)20)22-19-17(14)11(2)23-25-19/h3-6,9-10,12H,7-8H2,1-2H3,(H,21,24). The summed E-state index contributed by atoms with van der Waals surface area (Å²) in [6.07, 6.45) is 2.28. The van der Waals surface area contributed by atoms with Crippen LogP contribution in [0.15, 0.2) is 34.9 Å². The number of benzene rings is 1. The minimum absolute atomic E-state index is 0.104. The van der Waals surface area contributed by atoms with Gasteiger partial charge in [-0.15, -0.1) is 0 Å². The van der Waals surface area contributed by atoms with Crippen molar-refractivity contribution in [1.29, 1.82) is 0 Å². The number of rotatable bonds is 4. The predicted octanol–water partition coefficient (Wildman–Crippen LogP) is 3.87. The summed E-state index contributed by atoms with van der Waals surface area (Å²) in [5, 5.41) is 7.51. The van der Waals surface area contributed by atoms with E-state index >= 15 is 0 Å². The highest BCUT2D eigenvalue weighted by molar-refractivity contribution is 6.07. The highest BCUT2D eigenvalue weighted by atomic mass is 19.1. The Bertz CT molecular complexity index is 962. The van der Waals surface area contributed by atoms with Gasteiger partial charge in [0.05, 0.1) is 22.3 Å². The van der Waals surface area contributed by atoms with Crippen LogP contribution in [0.1, 0.15) is 35.8 Å². The number of carbonyl (C=O) groups is 1. The number of hydrogen-bond acceptors (Lipinski definition) is 4. The number of nitrogens with zero attached hydrogens (tertiary/aromatic N) is 2. The molecule has 1 unspecified atom stereocenters. The van der Waals surface area contributed by atoms with Crippen LogP contribution in [-0.2, 0) is 0 Å². The van der Waals surface area contributed by atoms with Gasteiger partial charge < -0.3 is 9.84 Å². The SMILES string of the molecule is Cc1noc2nc(-c3ccccc3F)cc(C(=O)NC(C)C3CC3)c12. The maximum atomic E-state index is 14.2. The van der Waals surface area contributed by atoms with Gasteiger partial charge in [0.1, 0.15) is 5.82 Å². The molecule has 4 rings (SSSR count). The lowest BCUT2D eigenvalue weighted by atomic mass is 10.0. The van der Waals surface area contributed by atoms with Gasteiger partial charge in [-0.05, 0) is 50.8 Å². The van der Waals surface area contributed by atoms with Crippen LogP contribution in [0.25, 0.3) is 22.4 Å². The zero-order valence-corrected chi connectivity index (χ0v) is 14.0. The largest absolute Gasteiger partial charge is 0.349 e. The number of nitrogens with one attached hydrogen (secondary N) is 1. The zero-order valence-electron chi connectivity index (χ0n) is 14.0. The van der Waals surface area contributed by atoms with Crippen LogP contribution in [-0.4, -0.2) is 22.1 Å². The second kappa shape index (κ2) is 5.95. The Morgan fingerprint density at radius 2 is 2.12 bits per heavy atom. The minimum Gasteiger partial charge on any atom is -0.349 e. The van der Waals surface area contributed by atoms with Crippen LogP contribution in [0.3, 0.4) is 0 Å². The van der Waals surface area contributed by atoms with E-state index in [1.54, 1.807) is 31.2 Å². The molecule has 5 nitrogen and oxygen atoms in total. The van der Waals surface area contributed by atoms with Crippen molar-refractivity contribution in [3.05, 3.63) is 47.4 Å². The van der Waals surface area contributed by atoms with Crippen LogP contribution < -0.4 is 5.32 Å². The molecule has 0 aliphatic heterocycles. The third kappa shape index (κ3) is 2.88. The lowest BCUT2D eigenvalue weighted by molar-refractivity contribution is 0.0937. The summed E-state index contributed by atoms with van der Waals surface area (Å²) in [6.45, 7) is 3.77. The molecular weight excluding hydrogens is 321 g/mol. The Kier molecular flexibility index (Phi) is 3.75. The van der Waals surface area contributed by atoms with Crippen molar-refractivity contribution in [2.45, 2.75) is 32.7 Å². The number of carbonyl (C=O) groups excluding carboxylic acids is 1. The maximum Gasteiger partial charge on any atom is 0.259 e. The van der Waals surface area contributed by atoms with Gasteiger partial charge in [0, 0.05) is 11.6 Å². The normalized spacial score (nSPS) is 15.3. The van der Waals surface area contributed by atoms with E-state index in [1.165, 1.54) is 6.07 Å². The van der Waals surface area contributed by atoms with E-state index in [1.807, 2.05) is 6.92 Å². The number of pyridine rings is 1. The van der Waals surface area contributed by atoms with E-state index in [0.717, 1.165) is 12.8 Å². The van der Waals surface area contributed by atoms with Crippen molar-refractivity contribution in [2.75, 3.05) is 0 Å². The first-order chi connectivity index (χ1) is 12.0. The second-order valence-electron chi connectivity index (χ2n) is 6.58. The third-order valence-corrected chi connectivity index (χ3v) is 4.70. The first-order valence-corrected chi connectivity index (χ1v) is 8.37. The Hall–Kier alpha value is -2.76. The first kappa shape index (κ1) is 15.7. The van der Waals surface area contributed by atoms with Crippen LogP contribution >= 0.6 is 0 Å². The average molecular weight is 339 g/mol. The van der Waals surface area contributed by atoms with Gasteiger partial charge in [0.15, 0.2) is 0 Å². The zero-order chi connectivity index (χ0) is 17.6. The van der Waals surface area contributed by atoms with Crippen LogP contribution in [0.2, 0.25) is 0 Å². The first-order valence-electron chi connectivity index (χ1n) is 8.37. The Labute approximate surface area is 144 Å². The Morgan fingerprint density at radius 1 is 1.36 bits per heavy atom. The predicted molar refractivity (Wildman–Crippen MR) is 91.6 cm³/mol. The topological polar surface area (TPSA) is 68.0 Å². The molecule has 1 aliphatic carbocycles. The lowest BCUT2D eigenvalue weighted by Crippen LogP contribution is -2.34. The van der Waals surface area contributed by atoms with Crippen LogP contribution in [0, 0.1) is 18.7 Å². The molecule has 1 atom stereocenters. The fourth-order valence-electron chi connectivity index (χ4n) is 3.08. The van der Waals surface area contributed by atoms with Gasteiger partial charge in [0.25, 0.3) is 11.6 Å². The summed E-state index contributed by atoms with van der Waals surface area (Å²) in [6, 6.07) is 8.04. The van der Waals surface area contributed by atoms with E-state index < -0.39 is 5.82 Å². The molecule has 1 saturated carbocycles. The van der Waals surface area contributed by atoms with Crippen LogP contribution in [0.4, 0.5) is 4.39 Å². The summed E-state index contributed by atoms with van der Waals surface area (Å²) in [5.41, 5.74) is 1.91. The van der Waals surface area contributed by atoms with E-state index in [4.69, 9.17) is 4.52 Å². The maximum absolute atomic E-state index is 14.2. The van der Waals surface area contributed by atoms with Gasteiger partial charge in [-0.2, -0.15) is 0 Å².